The molecule has 1 unspecified atom stereocenters. The minimum atomic E-state index is -1.02. The van der Waals surface area contributed by atoms with Gasteiger partial charge in [0.1, 0.15) is 6.04 Å². The van der Waals surface area contributed by atoms with Crippen molar-refractivity contribution in [3.05, 3.63) is 0 Å². The van der Waals surface area contributed by atoms with Gasteiger partial charge in [0.15, 0.2) is 0 Å². The van der Waals surface area contributed by atoms with E-state index < -0.39 is 18.0 Å². The highest BCUT2D eigenvalue weighted by molar-refractivity contribution is 5.86. The van der Waals surface area contributed by atoms with E-state index in [1.807, 2.05) is 6.92 Å². The smallest absolute Gasteiger partial charge is 0.326 e. The highest BCUT2D eigenvalue weighted by atomic mass is 16.4. The van der Waals surface area contributed by atoms with Crippen LogP contribution < -0.4 is 16.0 Å². The molecule has 0 aromatic carbocycles. The van der Waals surface area contributed by atoms with Crippen molar-refractivity contribution < 1.29 is 19.5 Å². The lowest BCUT2D eigenvalue weighted by Crippen LogP contribution is -2.51. The first-order valence-electron chi connectivity index (χ1n) is 7.58. The van der Waals surface area contributed by atoms with E-state index in [-0.39, 0.29) is 18.4 Å². The van der Waals surface area contributed by atoms with Gasteiger partial charge in [-0.1, -0.05) is 26.2 Å². The maximum atomic E-state index is 11.7. The average molecular weight is 299 g/mol. The molecule has 4 N–H and O–H groups in total. The second-order valence-electron chi connectivity index (χ2n) is 5.39. The van der Waals surface area contributed by atoms with Crippen molar-refractivity contribution in [1.82, 2.24) is 16.0 Å². The molecule has 1 saturated carbocycles. The molecular weight excluding hydrogens is 274 g/mol. The van der Waals surface area contributed by atoms with E-state index in [9.17, 15) is 19.5 Å². The lowest BCUT2D eigenvalue weighted by molar-refractivity contribution is -0.141. The second-order valence-corrected chi connectivity index (χ2v) is 5.39. The Kier molecular flexibility index (Phi) is 7.56. The van der Waals surface area contributed by atoms with Gasteiger partial charge in [-0.2, -0.15) is 0 Å². The monoisotopic (exact) mass is 299 g/mol. The first-order valence-corrected chi connectivity index (χ1v) is 7.58. The van der Waals surface area contributed by atoms with E-state index in [0.717, 1.165) is 38.5 Å². The van der Waals surface area contributed by atoms with Gasteiger partial charge in [-0.3, -0.25) is 4.79 Å². The molecule has 21 heavy (non-hydrogen) atoms. The predicted octanol–water partition coefficient (Wildman–Crippen LogP) is 0.845. The molecule has 120 valence electrons. The van der Waals surface area contributed by atoms with E-state index in [4.69, 9.17) is 0 Å². The number of urea groups is 1. The first-order chi connectivity index (χ1) is 10.0. The summed E-state index contributed by atoms with van der Waals surface area (Å²) in [4.78, 5) is 34.4. The molecule has 0 aliphatic heterocycles. The van der Waals surface area contributed by atoms with Crippen molar-refractivity contribution in [3.8, 4) is 0 Å². The van der Waals surface area contributed by atoms with Gasteiger partial charge in [-0.05, 0) is 25.2 Å². The van der Waals surface area contributed by atoms with Crippen LogP contribution in [0.2, 0.25) is 0 Å². The van der Waals surface area contributed by atoms with Gasteiger partial charge in [0, 0.05) is 6.54 Å². The third-order valence-corrected chi connectivity index (χ3v) is 3.66. The van der Waals surface area contributed by atoms with Crippen LogP contribution in [0.25, 0.3) is 0 Å². The largest absolute Gasteiger partial charge is 0.480 e. The number of amides is 3. The third kappa shape index (κ3) is 6.46. The summed E-state index contributed by atoms with van der Waals surface area (Å²) in [6.45, 7) is 2.34. The Balaban J connectivity index is 2.38. The molecule has 0 heterocycles. The fourth-order valence-electron chi connectivity index (χ4n) is 2.53. The van der Waals surface area contributed by atoms with Crippen molar-refractivity contribution >= 4 is 17.9 Å². The Morgan fingerprint density at radius 1 is 1.14 bits per heavy atom. The van der Waals surface area contributed by atoms with E-state index in [1.54, 1.807) is 0 Å². The number of hydrogen-bond donors (Lipinski definition) is 4. The van der Waals surface area contributed by atoms with Crippen LogP contribution in [0.4, 0.5) is 4.79 Å². The minimum Gasteiger partial charge on any atom is -0.480 e. The van der Waals surface area contributed by atoms with Gasteiger partial charge < -0.3 is 21.1 Å². The number of hydrogen-bond acceptors (Lipinski definition) is 3. The van der Waals surface area contributed by atoms with Crippen LogP contribution in [0.15, 0.2) is 0 Å². The summed E-state index contributed by atoms with van der Waals surface area (Å²) in [5.41, 5.74) is 0. The molecule has 1 aliphatic rings. The van der Waals surface area contributed by atoms with Gasteiger partial charge >= 0.3 is 12.0 Å². The maximum absolute atomic E-state index is 11.7. The van der Waals surface area contributed by atoms with Gasteiger partial charge in [-0.15, -0.1) is 0 Å². The van der Waals surface area contributed by atoms with Crippen molar-refractivity contribution in [3.63, 3.8) is 0 Å². The van der Waals surface area contributed by atoms with Gasteiger partial charge in [0.25, 0.3) is 0 Å². The number of carboxylic acid groups (broad SMARTS) is 1. The SMILES string of the molecule is CCCNC(=O)CNC(=O)NC(C(=O)O)C1CCCCC1. The Labute approximate surface area is 124 Å². The van der Waals surface area contributed by atoms with Crippen molar-refractivity contribution in [2.24, 2.45) is 5.92 Å². The topological polar surface area (TPSA) is 108 Å². The summed E-state index contributed by atoms with van der Waals surface area (Å²) in [6.07, 6.45) is 5.56. The summed E-state index contributed by atoms with van der Waals surface area (Å²) in [7, 11) is 0. The van der Waals surface area contributed by atoms with Crippen molar-refractivity contribution in [2.75, 3.05) is 13.1 Å². The summed E-state index contributed by atoms with van der Waals surface area (Å²) in [5.74, 6) is -1.33. The number of carbonyl (C=O) groups is 3. The molecule has 1 atom stereocenters. The highest BCUT2D eigenvalue weighted by Crippen LogP contribution is 2.26. The minimum absolute atomic E-state index is 0.0316. The number of nitrogens with one attached hydrogen (secondary N) is 3. The number of carboxylic acids is 1. The second kappa shape index (κ2) is 9.20. The third-order valence-electron chi connectivity index (χ3n) is 3.66. The molecule has 7 heteroatoms. The summed E-state index contributed by atoms with van der Waals surface area (Å²) < 4.78 is 0. The Morgan fingerprint density at radius 3 is 2.38 bits per heavy atom. The molecule has 0 spiro atoms. The van der Waals surface area contributed by atoms with E-state index in [1.165, 1.54) is 0 Å². The predicted molar refractivity (Wildman–Crippen MR) is 77.8 cm³/mol. The zero-order chi connectivity index (χ0) is 15.7. The Morgan fingerprint density at radius 2 is 1.81 bits per heavy atom. The Bertz CT molecular complexity index is 367. The molecule has 1 aliphatic carbocycles. The van der Waals surface area contributed by atoms with Crippen molar-refractivity contribution in [2.45, 2.75) is 51.5 Å². The molecule has 0 bridgehead atoms. The summed E-state index contributed by atoms with van der Waals surface area (Å²) in [5, 5.41) is 16.7. The number of aliphatic carboxylic acids is 1. The highest BCUT2D eigenvalue weighted by Gasteiger charge is 2.30. The standard InChI is InChI=1S/C14H25N3O4/c1-2-8-15-11(18)9-16-14(21)17-12(13(19)20)10-6-4-3-5-7-10/h10,12H,2-9H2,1H3,(H,15,18)(H,19,20)(H2,16,17,21). The normalized spacial score (nSPS) is 16.8. The first kappa shape index (κ1) is 17.3. The summed E-state index contributed by atoms with van der Waals surface area (Å²) >= 11 is 0. The van der Waals surface area contributed by atoms with Crippen LogP contribution in [0.5, 0.6) is 0 Å². The lowest BCUT2D eigenvalue weighted by atomic mass is 9.84. The van der Waals surface area contributed by atoms with E-state index >= 15 is 0 Å². The quantitative estimate of drug-likeness (QED) is 0.559. The Hall–Kier alpha value is -1.79. The van der Waals surface area contributed by atoms with E-state index in [0.29, 0.717) is 6.54 Å². The van der Waals surface area contributed by atoms with Crippen LogP contribution in [-0.4, -0.2) is 42.1 Å². The fourth-order valence-corrected chi connectivity index (χ4v) is 2.53. The molecule has 0 aromatic heterocycles. The number of carbonyl (C=O) groups excluding carboxylic acids is 2. The summed E-state index contributed by atoms with van der Waals surface area (Å²) in [6, 6.07) is -1.50. The maximum Gasteiger partial charge on any atom is 0.326 e. The molecular formula is C14H25N3O4. The molecule has 0 aromatic rings. The number of rotatable bonds is 7. The molecule has 1 rings (SSSR count). The zero-order valence-corrected chi connectivity index (χ0v) is 12.5. The van der Waals surface area contributed by atoms with Crippen LogP contribution in [0.3, 0.4) is 0 Å². The fraction of sp³-hybridized carbons (Fsp3) is 0.786. The van der Waals surface area contributed by atoms with Crippen LogP contribution in [0.1, 0.15) is 45.4 Å². The van der Waals surface area contributed by atoms with Gasteiger partial charge in [0.05, 0.1) is 6.54 Å². The van der Waals surface area contributed by atoms with Crippen LogP contribution in [0, 0.1) is 5.92 Å². The molecule has 3 amide bonds. The van der Waals surface area contributed by atoms with Gasteiger partial charge in [0.2, 0.25) is 5.91 Å². The molecule has 7 nitrogen and oxygen atoms in total. The average Bonchev–Trinajstić information content (AvgIpc) is 2.49. The molecule has 0 saturated heterocycles. The van der Waals surface area contributed by atoms with Crippen LogP contribution >= 0.6 is 0 Å². The zero-order valence-electron chi connectivity index (χ0n) is 12.5. The lowest BCUT2D eigenvalue weighted by Gasteiger charge is -2.28. The van der Waals surface area contributed by atoms with Crippen LogP contribution in [-0.2, 0) is 9.59 Å². The van der Waals surface area contributed by atoms with Crippen molar-refractivity contribution in [1.29, 1.82) is 0 Å². The molecule has 1 fully saturated rings. The molecule has 0 radical (unpaired) electrons. The van der Waals surface area contributed by atoms with Gasteiger partial charge in [-0.25, -0.2) is 9.59 Å². The van der Waals surface area contributed by atoms with E-state index in [2.05, 4.69) is 16.0 Å².